The van der Waals surface area contributed by atoms with E-state index in [2.05, 4.69) is 47.8 Å². The number of anilines is 1. The van der Waals surface area contributed by atoms with Gasteiger partial charge in [-0.05, 0) is 42.0 Å². The Hall–Kier alpha value is -2.55. The van der Waals surface area contributed by atoms with E-state index in [9.17, 15) is 4.79 Å². The lowest BCUT2D eigenvalue weighted by molar-refractivity contribution is 0.0600. The van der Waals surface area contributed by atoms with Crippen LogP contribution >= 0.6 is 0 Å². The van der Waals surface area contributed by atoms with Gasteiger partial charge in [-0.2, -0.15) is 0 Å². The van der Waals surface area contributed by atoms with Crippen LogP contribution in [0.4, 0.5) is 5.69 Å². The predicted molar refractivity (Wildman–Crippen MR) is 95.3 cm³/mol. The molecule has 0 saturated heterocycles. The number of carbonyl (C=O) groups excluding carboxylic acids is 1. The molecule has 1 heterocycles. The summed E-state index contributed by atoms with van der Waals surface area (Å²) in [4.78, 5) is 12.0. The van der Waals surface area contributed by atoms with Crippen molar-refractivity contribution < 1.29 is 9.53 Å². The van der Waals surface area contributed by atoms with Crippen LogP contribution in [0, 0.1) is 12.8 Å². The molecule has 0 unspecified atom stereocenters. The van der Waals surface area contributed by atoms with Crippen LogP contribution in [0.25, 0.3) is 0 Å². The van der Waals surface area contributed by atoms with E-state index in [1.54, 1.807) is 0 Å². The molecular weight excluding hydrogens is 298 g/mol. The Balaban J connectivity index is 1.83. The van der Waals surface area contributed by atoms with Crippen molar-refractivity contribution in [3.05, 3.63) is 76.9 Å². The Morgan fingerprint density at radius 1 is 1.17 bits per heavy atom. The third-order valence-corrected chi connectivity index (χ3v) is 5.36. The van der Waals surface area contributed by atoms with Crippen molar-refractivity contribution >= 4 is 11.7 Å². The van der Waals surface area contributed by atoms with Crippen LogP contribution in [0.5, 0.6) is 0 Å². The van der Waals surface area contributed by atoms with Crippen LogP contribution in [0.2, 0.25) is 0 Å². The van der Waals surface area contributed by atoms with Gasteiger partial charge in [0.05, 0.1) is 18.7 Å². The molecule has 2 aliphatic rings. The summed E-state index contributed by atoms with van der Waals surface area (Å²) in [7, 11) is 1.43. The van der Waals surface area contributed by atoms with E-state index < -0.39 is 0 Å². The summed E-state index contributed by atoms with van der Waals surface area (Å²) >= 11 is 0. The Labute approximate surface area is 142 Å². The predicted octanol–water partition coefficient (Wildman–Crippen LogP) is 4.61. The van der Waals surface area contributed by atoms with Gasteiger partial charge < -0.3 is 10.1 Å². The lowest BCUT2D eigenvalue weighted by Crippen LogP contribution is -2.30. The highest BCUT2D eigenvalue weighted by atomic mass is 16.5. The third-order valence-electron chi connectivity index (χ3n) is 5.36. The summed E-state index contributed by atoms with van der Waals surface area (Å²) in [5.74, 6) is 0.637. The first-order chi connectivity index (χ1) is 11.7. The Morgan fingerprint density at radius 2 is 1.96 bits per heavy atom. The number of fused-ring (bicyclic) bond motifs is 3. The molecule has 0 saturated carbocycles. The molecule has 3 atom stereocenters. The maximum absolute atomic E-state index is 12.0. The lowest BCUT2D eigenvalue weighted by atomic mass is 9.76. The molecule has 3 nitrogen and oxygen atoms in total. The van der Waals surface area contributed by atoms with E-state index in [4.69, 9.17) is 4.74 Å². The quantitative estimate of drug-likeness (QED) is 0.649. The normalized spacial score (nSPS) is 24.0. The number of hydrogen-bond donors (Lipinski definition) is 1. The second-order valence-electron chi connectivity index (χ2n) is 6.58. The molecule has 24 heavy (non-hydrogen) atoms. The van der Waals surface area contributed by atoms with Crippen LogP contribution < -0.4 is 5.32 Å². The first-order valence-electron chi connectivity index (χ1n) is 8.40. The summed E-state index contributed by atoms with van der Waals surface area (Å²) in [5, 5.41) is 3.72. The Morgan fingerprint density at radius 3 is 2.71 bits per heavy atom. The zero-order chi connectivity index (χ0) is 16.7. The van der Waals surface area contributed by atoms with Crippen LogP contribution in [0.1, 0.15) is 45.4 Å². The van der Waals surface area contributed by atoms with Gasteiger partial charge in [0, 0.05) is 11.6 Å². The molecule has 1 N–H and O–H groups in total. The molecule has 0 spiro atoms. The number of esters is 1. The number of nitrogens with one attached hydrogen (secondary N) is 1. The molecule has 0 aromatic heterocycles. The average Bonchev–Trinajstić information content (AvgIpc) is 3.11. The molecule has 0 fully saturated rings. The van der Waals surface area contributed by atoms with E-state index >= 15 is 0 Å². The van der Waals surface area contributed by atoms with Gasteiger partial charge in [0.1, 0.15) is 0 Å². The monoisotopic (exact) mass is 319 g/mol. The Kier molecular flexibility index (Phi) is 3.64. The summed E-state index contributed by atoms with van der Waals surface area (Å²) < 4.78 is 4.93. The average molecular weight is 319 g/mol. The van der Waals surface area contributed by atoms with Gasteiger partial charge in [-0.1, -0.05) is 48.6 Å². The third kappa shape index (κ3) is 2.23. The first-order valence-corrected chi connectivity index (χ1v) is 8.40. The van der Waals surface area contributed by atoms with E-state index in [-0.39, 0.29) is 12.0 Å². The maximum atomic E-state index is 12.0. The molecule has 2 aromatic carbocycles. The minimum Gasteiger partial charge on any atom is -0.465 e. The molecule has 2 aromatic rings. The Bertz CT molecular complexity index is 810. The summed E-state index contributed by atoms with van der Waals surface area (Å²) in [6, 6.07) is 14.8. The standard InChI is InChI=1S/C21H21NO2/c1-13-15(21(23)24-2)11-12-18-16-9-6-10-17(16)20(22-19(13)18)14-7-4-3-5-8-14/h3-9,11-12,16-17,20,22H,10H2,1-2H3/t16-,17+,20+/m0/s1. The van der Waals surface area contributed by atoms with Crippen LogP contribution in [-0.4, -0.2) is 13.1 Å². The zero-order valence-corrected chi connectivity index (χ0v) is 14.0. The smallest absolute Gasteiger partial charge is 0.338 e. The van der Waals surface area contributed by atoms with Crippen LogP contribution in [0.15, 0.2) is 54.6 Å². The highest BCUT2D eigenvalue weighted by molar-refractivity contribution is 5.93. The number of ether oxygens (including phenoxy) is 1. The molecule has 0 bridgehead atoms. The van der Waals surface area contributed by atoms with Crippen molar-refractivity contribution in [3.8, 4) is 0 Å². The van der Waals surface area contributed by atoms with Crippen molar-refractivity contribution in [1.29, 1.82) is 0 Å². The second-order valence-corrected chi connectivity index (χ2v) is 6.58. The number of benzene rings is 2. The van der Waals surface area contributed by atoms with Gasteiger partial charge in [-0.15, -0.1) is 0 Å². The van der Waals surface area contributed by atoms with E-state index in [0.717, 1.165) is 17.7 Å². The molecule has 3 heteroatoms. The fraction of sp³-hybridized carbons (Fsp3) is 0.286. The van der Waals surface area contributed by atoms with E-state index in [1.165, 1.54) is 18.2 Å². The molecule has 0 amide bonds. The fourth-order valence-corrected chi connectivity index (χ4v) is 4.14. The minimum absolute atomic E-state index is 0.255. The molecule has 0 radical (unpaired) electrons. The van der Waals surface area contributed by atoms with Crippen molar-refractivity contribution in [3.63, 3.8) is 0 Å². The van der Waals surface area contributed by atoms with E-state index in [1.807, 2.05) is 19.1 Å². The largest absolute Gasteiger partial charge is 0.465 e. The van der Waals surface area contributed by atoms with Crippen LogP contribution in [-0.2, 0) is 4.74 Å². The molecule has 1 aliphatic heterocycles. The topological polar surface area (TPSA) is 38.3 Å². The number of carbonyl (C=O) groups is 1. The highest BCUT2D eigenvalue weighted by Crippen LogP contribution is 2.50. The van der Waals surface area contributed by atoms with Gasteiger partial charge in [-0.25, -0.2) is 4.79 Å². The zero-order valence-electron chi connectivity index (χ0n) is 14.0. The van der Waals surface area contributed by atoms with Gasteiger partial charge in [0.25, 0.3) is 0 Å². The summed E-state index contributed by atoms with van der Waals surface area (Å²) in [6.07, 6.45) is 5.68. The SMILES string of the molecule is COC(=O)c1ccc2c(c1C)N[C@H](c1ccccc1)[C@@H]1CC=C[C@H]21. The van der Waals surface area contributed by atoms with E-state index in [0.29, 0.717) is 17.4 Å². The van der Waals surface area contributed by atoms with Crippen LogP contribution in [0.3, 0.4) is 0 Å². The van der Waals surface area contributed by atoms with Gasteiger partial charge in [0.2, 0.25) is 0 Å². The number of allylic oxidation sites excluding steroid dienone is 2. The first kappa shape index (κ1) is 15.0. The highest BCUT2D eigenvalue weighted by Gasteiger charge is 2.38. The van der Waals surface area contributed by atoms with Crippen molar-refractivity contribution in [1.82, 2.24) is 0 Å². The minimum atomic E-state index is -0.280. The number of methoxy groups -OCH3 is 1. The van der Waals surface area contributed by atoms with Gasteiger partial charge >= 0.3 is 5.97 Å². The van der Waals surface area contributed by atoms with Crippen molar-refractivity contribution in [2.75, 3.05) is 12.4 Å². The number of rotatable bonds is 2. The van der Waals surface area contributed by atoms with Gasteiger partial charge in [-0.3, -0.25) is 0 Å². The fourth-order valence-electron chi connectivity index (χ4n) is 4.14. The lowest BCUT2D eigenvalue weighted by Gasteiger charge is -2.38. The maximum Gasteiger partial charge on any atom is 0.338 e. The molecular formula is C21H21NO2. The van der Waals surface area contributed by atoms with Gasteiger partial charge in [0.15, 0.2) is 0 Å². The van der Waals surface area contributed by atoms with Crippen molar-refractivity contribution in [2.45, 2.75) is 25.3 Å². The second kappa shape index (κ2) is 5.82. The number of hydrogen-bond acceptors (Lipinski definition) is 3. The molecule has 1 aliphatic carbocycles. The summed E-state index contributed by atoms with van der Waals surface area (Å²) in [5.41, 5.74) is 5.27. The molecule has 4 rings (SSSR count). The van der Waals surface area contributed by atoms with Crippen molar-refractivity contribution in [2.24, 2.45) is 5.92 Å². The summed E-state index contributed by atoms with van der Waals surface area (Å²) in [6.45, 7) is 2.00. The molecule has 122 valence electrons.